The average Bonchev–Trinajstić information content (AvgIpc) is 2.24. The molecule has 2 unspecified atom stereocenters. The topological polar surface area (TPSA) is 78.9 Å². The van der Waals surface area contributed by atoms with Gasteiger partial charge in [-0.3, -0.25) is 4.79 Å². The zero-order valence-electron chi connectivity index (χ0n) is 12.4. The van der Waals surface area contributed by atoms with E-state index in [1.807, 2.05) is 20.8 Å². The normalized spacial score (nSPS) is 29.9. The standard InChI is InChI=1S/C14H24N2O4/c1-14(2,3)20-13(19)16-7-9-5-15-6-10(8-16)11(9)4-12(17)18/h9-11,15H,4-8H2,1-3H3,(H,17,18). The third-order valence-electron chi connectivity index (χ3n) is 4.00. The summed E-state index contributed by atoms with van der Waals surface area (Å²) in [6.45, 7) is 8.26. The Morgan fingerprint density at radius 2 is 1.80 bits per heavy atom. The lowest BCUT2D eigenvalue weighted by molar-refractivity contribution is -0.140. The highest BCUT2D eigenvalue weighted by atomic mass is 16.6. The lowest BCUT2D eigenvalue weighted by Crippen LogP contribution is -2.58. The van der Waals surface area contributed by atoms with Gasteiger partial charge in [0.05, 0.1) is 0 Å². The maximum absolute atomic E-state index is 12.1. The summed E-state index contributed by atoms with van der Waals surface area (Å²) in [6.07, 6.45) is -0.0951. The highest BCUT2D eigenvalue weighted by molar-refractivity contribution is 5.69. The van der Waals surface area contributed by atoms with Gasteiger partial charge in [0.15, 0.2) is 0 Å². The second-order valence-electron chi connectivity index (χ2n) is 6.83. The highest BCUT2D eigenvalue weighted by Crippen LogP contribution is 2.34. The van der Waals surface area contributed by atoms with Crippen LogP contribution in [-0.4, -0.2) is 53.8 Å². The molecule has 0 aliphatic carbocycles. The van der Waals surface area contributed by atoms with Crippen LogP contribution in [0.2, 0.25) is 0 Å². The number of aliphatic carboxylic acids is 1. The molecule has 6 heteroatoms. The first-order valence-corrected chi connectivity index (χ1v) is 7.16. The summed E-state index contributed by atoms with van der Waals surface area (Å²) in [7, 11) is 0. The highest BCUT2D eigenvalue weighted by Gasteiger charge is 2.42. The fourth-order valence-electron chi connectivity index (χ4n) is 3.19. The number of ether oxygens (including phenoxy) is 1. The predicted molar refractivity (Wildman–Crippen MR) is 73.4 cm³/mol. The van der Waals surface area contributed by atoms with E-state index in [0.29, 0.717) is 13.1 Å². The molecule has 2 saturated heterocycles. The molecular weight excluding hydrogens is 260 g/mol. The molecule has 6 nitrogen and oxygen atoms in total. The van der Waals surface area contributed by atoms with Gasteiger partial charge in [-0.05, 0) is 51.6 Å². The van der Waals surface area contributed by atoms with Gasteiger partial charge in [0.2, 0.25) is 0 Å². The van der Waals surface area contributed by atoms with E-state index >= 15 is 0 Å². The summed E-state index contributed by atoms with van der Waals surface area (Å²) in [5.74, 6) is -0.192. The van der Waals surface area contributed by atoms with E-state index in [1.165, 1.54) is 0 Å². The van der Waals surface area contributed by atoms with Gasteiger partial charge >= 0.3 is 12.1 Å². The van der Waals surface area contributed by atoms with Crippen molar-refractivity contribution in [1.82, 2.24) is 10.2 Å². The van der Waals surface area contributed by atoms with Gasteiger partial charge in [-0.25, -0.2) is 4.79 Å². The number of nitrogens with zero attached hydrogens (tertiary/aromatic N) is 1. The maximum Gasteiger partial charge on any atom is 0.410 e. The van der Waals surface area contributed by atoms with Crippen LogP contribution >= 0.6 is 0 Å². The molecule has 1 amide bonds. The molecule has 2 aliphatic rings. The molecule has 0 aromatic carbocycles. The summed E-state index contributed by atoms with van der Waals surface area (Å²) in [4.78, 5) is 24.9. The van der Waals surface area contributed by atoms with Crippen LogP contribution in [-0.2, 0) is 9.53 Å². The number of carboxylic acid groups (broad SMARTS) is 1. The van der Waals surface area contributed by atoms with Crippen LogP contribution in [0.3, 0.4) is 0 Å². The van der Waals surface area contributed by atoms with Crippen LogP contribution in [0.1, 0.15) is 27.2 Å². The van der Waals surface area contributed by atoms with E-state index in [-0.39, 0.29) is 30.3 Å². The molecule has 2 N–H and O–H groups in total. The number of carbonyl (C=O) groups excluding carboxylic acids is 1. The largest absolute Gasteiger partial charge is 0.481 e. The van der Waals surface area contributed by atoms with E-state index in [9.17, 15) is 9.59 Å². The number of hydrogen-bond acceptors (Lipinski definition) is 4. The number of nitrogens with one attached hydrogen (secondary N) is 1. The lowest BCUT2D eigenvalue weighted by atomic mass is 9.73. The van der Waals surface area contributed by atoms with Crippen LogP contribution in [0.25, 0.3) is 0 Å². The first-order valence-electron chi connectivity index (χ1n) is 7.16. The molecule has 0 spiro atoms. The number of carbonyl (C=O) groups is 2. The van der Waals surface area contributed by atoms with E-state index in [0.717, 1.165) is 13.1 Å². The zero-order valence-corrected chi connectivity index (χ0v) is 12.4. The Morgan fingerprint density at radius 1 is 1.25 bits per heavy atom. The van der Waals surface area contributed by atoms with E-state index < -0.39 is 11.6 Å². The molecular formula is C14H24N2O4. The Labute approximate surface area is 119 Å². The van der Waals surface area contributed by atoms with Crippen LogP contribution in [0.4, 0.5) is 4.79 Å². The van der Waals surface area contributed by atoms with Crippen LogP contribution in [0.15, 0.2) is 0 Å². The summed E-state index contributed by atoms with van der Waals surface area (Å²) in [5, 5.41) is 12.3. The number of rotatable bonds is 2. The summed E-state index contributed by atoms with van der Waals surface area (Å²) < 4.78 is 5.41. The maximum atomic E-state index is 12.1. The van der Waals surface area contributed by atoms with Crippen LogP contribution < -0.4 is 5.32 Å². The van der Waals surface area contributed by atoms with Crippen molar-refractivity contribution in [2.24, 2.45) is 17.8 Å². The molecule has 0 saturated carbocycles. The fourth-order valence-corrected chi connectivity index (χ4v) is 3.19. The SMILES string of the molecule is CC(C)(C)OC(=O)N1CC2CNCC(C1)C2CC(=O)O. The van der Waals surface area contributed by atoms with Gasteiger partial charge in [0, 0.05) is 19.5 Å². The molecule has 2 atom stereocenters. The molecule has 2 rings (SSSR count). The monoisotopic (exact) mass is 284 g/mol. The summed E-state index contributed by atoms with van der Waals surface area (Å²) >= 11 is 0. The molecule has 2 bridgehead atoms. The molecule has 0 radical (unpaired) electrons. The molecule has 0 aromatic heterocycles. The second kappa shape index (κ2) is 5.60. The van der Waals surface area contributed by atoms with Crippen molar-refractivity contribution in [3.05, 3.63) is 0 Å². The Balaban J connectivity index is 2.01. The van der Waals surface area contributed by atoms with E-state index in [2.05, 4.69) is 5.32 Å². The Kier molecular flexibility index (Phi) is 4.22. The molecule has 2 fully saturated rings. The number of amides is 1. The number of likely N-dealkylation sites (tertiary alicyclic amines) is 1. The van der Waals surface area contributed by atoms with Gasteiger partial charge in [-0.2, -0.15) is 0 Å². The number of piperidine rings is 2. The molecule has 2 heterocycles. The van der Waals surface area contributed by atoms with Gasteiger partial charge < -0.3 is 20.1 Å². The van der Waals surface area contributed by atoms with Crippen LogP contribution in [0, 0.1) is 17.8 Å². The Bertz CT molecular complexity index is 377. The first-order chi connectivity index (χ1) is 9.26. The smallest absolute Gasteiger partial charge is 0.410 e. The Hall–Kier alpha value is -1.30. The third kappa shape index (κ3) is 3.62. The van der Waals surface area contributed by atoms with E-state index in [4.69, 9.17) is 9.84 Å². The van der Waals surface area contributed by atoms with Crippen LogP contribution in [0.5, 0.6) is 0 Å². The summed E-state index contributed by atoms with van der Waals surface area (Å²) in [6, 6.07) is 0. The number of carboxylic acids is 1. The minimum atomic E-state index is -0.752. The number of fused-ring (bicyclic) bond motifs is 2. The minimum absolute atomic E-state index is 0.160. The minimum Gasteiger partial charge on any atom is -0.481 e. The second-order valence-corrected chi connectivity index (χ2v) is 6.83. The van der Waals surface area contributed by atoms with Gasteiger partial charge in [-0.15, -0.1) is 0 Å². The summed E-state index contributed by atoms with van der Waals surface area (Å²) in [5.41, 5.74) is -0.498. The molecule has 2 aliphatic heterocycles. The van der Waals surface area contributed by atoms with Crippen molar-refractivity contribution in [2.75, 3.05) is 26.2 Å². The zero-order chi connectivity index (χ0) is 14.9. The van der Waals surface area contributed by atoms with Gasteiger partial charge in [0.1, 0.15) is 5.60 Å². The van der Waals surface area contributed by atoms with Crippen molar-refractivity contribution in [1.29, 1.82) is 0 Å². The van der Waals surface area contributed by atoms with Crippen molar-refractivity contribution < 1.29 is 19.4 Å². The van der Waals surface area contributed by atoms with Crippen molar-refractivity contribution in [3.8, 4) is 0 Å². The molecule has 20 heavy (non-hydrogen) atoms. The Morgan fingerprint density at radius 3 is 2.25 bits per heavy atom. The number of hydrogen-bond donors (Lipinski definition) is 2. The quantitative estimate of drug-likeness (QED) is 0.795. The van der Waals surface area contributed by atoms with Crippen molar-refractivity contribution >= 4 is 12.1 Å². The van der Waals surface area contributed by atoms with Gasteiger partial charge in [0.25, 0.3) is 0 Å². The van der Waals surface area contributed by atoms with Gasteiger partial charge in [-0.1, -0.05) is 0 Å². The third-order valence-corrected chi connectivity index (χ3v) is 4.00. The van der Waals surface area contributed by atoms with Crippen molar-refractivity contribution in [3.63, 3.8) is 0 Å². The fraction of sp³-hybridized carbons (Fsp3) is 0.857. The average molecular weight is 284 g/mol. The van der Waals surface area contributed by atoms with E-state index in [1.54, 1.807) is 4.90 Å². The lowest BCUT2D eigenvalue weighted by Gasteiger charge is -2.47. The first kappa shape index (κ1) is 15.1. The van der Waals surface area contributed by atoms with Crippen molar-refractivity contribution in [2.45, 2.75) is 32.8 Å². The predicted octanol–water partition coefficient (Wildman–Crippen LogP) is 1.16. The molecule has 0 aromatic rings. The molecule has 114 valence electrons.